The summed E-state index contributed by atoms with van der Waals surface area (Å²) >= 11 is 0. The van der Waals surface area contributed by atoms with E-state index in [2.05, 4.69) is 0 Å². The van der Waals surface area contributed by atoms with Gasteiger partial charge in [0.05, 0.1) is 5.57 Å². The molecule has 102 valence electrons. The molecule has 5 nitrogen and oxygen atoms in total. The maximum Gasteiger partial charge on any atom is 0.276 e. The minimum absolute atomic E-state index is 0.0625. The van der Waals surface area contributed by atoms with E-state index in [0.29, 0.717) is 12.8 Å². The Bertz CT molecular complexity index is 704. The Morgan fingerprint density at radius 3 is 2.65 bits per heavy atom. The summed E-state index contributed by atoms with van der Waals surface area (Å²) in [5.41, 5.74) is -1.95. The second-order valence-corrected chi connectivity index (χ2v) is 5.41. The van der Waals surface area contributed by atoms with Crippen molar-refractivity contribution in [3.05, 3.63) is 46.7 Å². The minimum Gasteiger partial charge on any atom is -0.458 e. The number of ketones is 2. The van der Waals surface area contributed by atoms with Crippen molar-refractivity contribution in [2.75, 3.05) is 0 Å². The van der Waals surface area contributed by atoms with Crippen LogP contribution in [0.5, 0.6) is 0 Å². The van der Waals surface area contributed by atoms with Gasteiger partial charge in [-0.15, -0.1) is 0 Å². The van der Waals surface area contributed by atoms with Crippen LogP contribution in [-0.4, -0.2) is 27.4 Å². The van der Waals surface area contributed by atoms with Crippen molar-refractivity contribution in [2.45, 2.75) is 30.7 Å². The van der Waals surface area contributed by atoms with E-state index < -0.39 is 17.2 Å². The molecule has 1 aromatic carbocycles. The average molecular weight is 272 g/mol. The summed E-state index contributed by atoms with van der Waals surface area (Å²) in [6, 6.07) is 6.34. The molecule has 0 unspecified atom stereocenters. The van der Waals surface area contributed by atoms with E-state index >= 15 is 0 Å². The van der Waals surface area contributed by atoms with Crippen LogP contribution < -0.4 is 0 Å². The van der Waals surface area contributed by atoms with Gasteiger partial charge in [-0.25, -0.2) is 0 Å². The van der Waals surface area contributed by atoms with E-state index in [0.717, 1.165) is 0 Å². The van der Waals surface area contributed by atoms with Gasteiger partial charge in [-0.2, -0.15) is 0 Å². The fraction of sp³-hybridized carbons (Fsp3) is 0.333. The van der Waals surface area contributed by atoms with Gasteiger partial charge < -0.3 is 14.9 Å². The molecule has 2 N–H and O–H groups in total. The summed E-state index contributed by atoms with van der Waals surface area (Å²) in [7, 11) is 0. The lowest BCUT2D eigenvalue weighted by Crippen LogP contribution is -2.52. The van der Waals surface area contributed by atoms with Gasteiger partial charge in [0.2, 0.25) is 11.4 Å². The van der Waals surface area contributed by atoms with Crippen LogP contribution in [0.3, 0.4) is 0 Å². The third-order valence-corrected chi connectivity index (χ3v) is 4.35. The zero-order chi connectivity index (χ0) is 14.1. The molecule has 1 aromatic rings. The second kappa shape index (κ2) is 3.37. The molecule has 20 heavy (non-hydrogen) atoms. The smallest absolute Gasteiger partial charge is 0.276 e. The van der Waals surface area contributed by atoms with E-state index in [1.807, 2.05) is 0 Å². The third kappa shape index (κ3) is 1.04. The fourth-order valence-corrected chi connectivity index (χ4v) is 3.43. The van der Waals surface area contributed by atoms with Crippen molar-refractivity contribution in [1.29, 1.82) is 0 Å². The molecule has 1 heterocycles. The van der Waals surface area contributed by atoms with Crippen molar-refractivity contribution in [1.82, 2.24) is 0 Å². The predicted octanol–water partition coefficient (Wildman–Crippen LogP) is 0.796. The molecule has 0 radical (unpaired) electrons. The minimum atomic E-state index is -2.30. The standard InChI is InChI=1S/C15H12O5/c16-10-6-3-7-11-12(10)14(18)13(17)8-4-1-2-5-9(8)15(14,19)20-11/h1-2,4-5,18-19H,3,6-7H2/t14-,15-/m0/s1. The summed E-state index contributed by atoms with van der Waals surface area (Å²) in [5, 5.41) is 21.6. The lowest BCUT2D eigenvalue weighted by atomic mass is 9.80. The first-order chi connectivity index (χ1) is 9.50. The van der Waals surface area contributed by atoms with E-state index in [1.54, 1.807) is 12.1 Å². The highest BCUT2D eigenvalue weighted by Gasteiger charge is 2.72. The van der Waals surface area contributed by atoms with Crippen LogP contribution in [0.1, 0.15) is 35.2 Å². The summed E-state index contributed by atoms with van der Waals surface area (Å²) in [6.45, 7) is 0. The number of ether oxygens (including phenoxy) is 1. The number of hydrogen-bond donors (Lipinski definition) is 2. The number of Topliss-reactive ketones (excluding diaryl/α,β-unsaturated/α-hetero) is 2. The highest BCUT2D eigenvalue weighted by atomic mass is 16.7. The summed E-state index contributed by atoms with van der Waals surface area (Å²) in [6.07, 6.45) is 1.30. The summed E-state index contributed by atoms with van der Waals surface area (Å²) in [4.78, 5) is 24.6. The van der Waals surface area contributed by atoms with Gasteiger partial charge in [-0.3, -0.25) is 9.59 Å². The maximum atomic E-state index is 12.5. The Labute approximate surface area is 114 Å². The van der Waals surface area contributed by atoms with E-state index in [9.17, 15) is 19.8 Å². The number of carbonyl (C=O) groups excluding carboxylic acids is 2. The zero-order valence-corrected chi connectivity index (χ0v) is 10.5. The molecule has 0 spiro atoms. The zero-order valence-electron chi connectivity index (χ0n) is 10.5. The number of aliphatic hydroxyl groups is 2. The van der Waals surface area contributed by atoms with Crippen LogP contribution in [0, 0.1) is 0 Å². The third-order valence-electron chi connectivity index (χ3n) is 4.35. The number of fused-ring (bicyclic) bond motifs is 4. The topological polar surface area (TPSA) is 83.8 Å². The normalized spacial score (nSPS) is 34.7. The van der Waals surface area contributed by atoms with Gasteiger partial charge in [0.15, 0.2) is 5.78 Å². The van der Waals surface area contributed by atoms with E-state index in [1.165, 1.54) is 12.1 Å². The van der Waals surface area contributed by atoms with Gasteiger partial charge >= 0.3 is 0 Å². The Balaban J connectivity index is 2.01. The lowest BCUT2D eigenvalue weighted by molar-refractivity contribution is -0.236. The van der Waals surface area contributed by atoms with E-state index in [-0.39, 0.29) is 34.7 Å². The molecule has 2 aliphatic carbocycles. The van der Waals surface area contributed by atoms with Crippen LogP contribution in [0.2, 0.25) is 0 Å². The molecule has 0 saturated carbocycles. The van der Waals surface area contributed by atoms with Gasteiger partial charge in [0.1, 0.15) is 5.76 Å². The number of carbonyl (C=O) groups is 2. The SMILES string of the molecule is O=C1CCCC2=C1[C@]1(O)C(=O)c3ccccc3[C@]1(O)O2. The van der Waals surface area contributed by atoms with Crippen molar-refractivity contribution in [3.63, 3.8) is 0 Å². The Morgan fingerprint density at radius 2 is 1.85 bits per heavy atom. The van der Waals surface area contributed by atoms with Crippen molar-refractivity contribution < 1.29 is 24.5 Å². The maximum absolute atomic E-state index is 12.5. The molecule has 2 atom stereocenters. The molecule has 0 saturated heterocycles. The van der Waals surface area contributed by atoms with Crippen LogP contribution in [0.25, 0.3) is 0 Å². The number of allylic oxidation sites excluding steroid dienone is 1. The number of rotatable bonds is 0. The first-order valence-electron chi connectivity index (χ1n) is 6.55. The molecular formula is C15H12O5. The molecule has 0 fully saturated rings. The van der Waals surface area contributed by atoms with Gasteiger partial charge in [-0.1, -0.05) is 24.3 Å². The van der Waals surface area contributed by atoms with E-state index in [4.69, 9.17) is 4.74 Å². The first kappa shape index (κ1) is 11.8. The molecular weight excluding hydrogens is 260 g/mol. The Morgan fingerprint density at radius 1 is 1.10 bits per heavy atom. The number of benzene rings is 1. The molecule has 0 bridgehead atoms. The Kier molecular flexibility index (Phi) is 1.99. The second-order valence-electron chi connectivity index (χ2n) is 5.41. The quantitative estimate of drug-likeness (QED) is 0.729. The summed E-state index contributed by atoms with van der Waals surface area (Å²) in [5.74, 6) is -2.93. The molecule has 3 aliphatic rings. The van der Waals surface area contributed by atoms with Crippen LogP contribution >= 0.6 is 0 Å². The molecule has 1 aliphatic heterocycles. The largest absolute Gasteiger partial charge is 0.458 e. The van der Waals surface area contributed by atoms with Crippen LogP contribution in [0.4, 0.5) is 0 Å². The van der Waals surface area contributed by atoms with Gasteiger partial charge in [-0.05, 0) is 6.42 Å². The predicted molar refractivity (Wildman–Crippen MR) is 66.6 cm³/mol. The van der Waals surface area contributed by atoms with Crippen LogP contribution in [0.15, 0.2) is 35.6 Å². The van der Waals surface area contributed by atoms with Gasteiger partial charge in [0, 0.05) is 24.0 Å². The molecule has 0 aromatic heterocycles. The monoisotopic (exact) mass is 272 g/mol. The van der Waals surface area contributed by atoms with Gasteiger partial charge in [0.25, 0.3) is 5.79 Å². The number of hydrogen-bond acceptors (Lipinski definition) is 5. The highest BCUT2D eigenvalue weighted by molar-refractivity contribution is 6.17. The van der Waals surface area contributed by atoms with Crippen molar-refractivity contribution in [2.24, 2.45) is 0 Å². The molecule has 5 heteroatoms. The fourth-order valence-electron chi connectivity index (χ4n) is 3.43. The highest BCUT2D eigenvalue weighted by Crippen LogP contribution is 2.56. The summed E-state index contributed by atoms with van der Waals surface area (Å²) < 4.78 is 5.49. The van der Waals surface area contributed by atoms with Crippen molar-refractivity contribution >= 4 is 11.6 Å². The first-order valence-corrected chi connectivity index (χ1v) is 6.55. The van der Waals surface area contributed by atoms with Crippen molar-refractivity contribution in [3.8, 4) is 0 Å². The lowest BCUT2D eigenvalue weighted by Gasteiger charge is -2.30. The molecule has 0 amide bonds. The average Bonchev–Trinajstić information content (AvgIpc) is 2.77. The van der Waals surface area contributed by atoms with Crippen LogP contribution in [-0.2, 0) is 15.3 Å². The Hall–Kier alpha value is -1.98. The molecule has 4 rings (SSSR count).